The van der Waals surface area contributed by atoms with Crippen LogP contribution in [0.2, 0.25) is 0 Å². The van der Waals surface area contributed by atoms with Gasteiger partial charge in [-0.1, -0.05) is 45.2 Å². The minimum Gasteiger partial charge on any atom is -0.489 e. The summed E-state index contributed by atoms with van der Waals surface area (Å²) in [5, 5.41) is 8.63. The zero-order chi connectivity index (χ0) is 13.8. The Hall–Kier alpha value is -2.27. The first-order chi connectivity index (χ1) is 8.80. The predicted octanol–water partition coefficient (Wildman–Crippen LogP) is 4.26. The van der Waals surface area contributed by atoms with Gasteiger partial charge in [0, 0.05) is 0 Å². The van der Waals surface area contributed by atoms with Gasteiger partial charge in [0.25, 0.3) is 0 Å². The van der Waals surface area contributed by atoms with Crippen molar-refractivity contribution in [3.8, 4) is 11.8 Å². The van der Waals surface area contributed by atoms with Crippen molar-refractivity contribution in [1.29, 1.82) is 5.26 Å². The molecule has 0 N–H and O–H groups in total. The number of hydrogen-bond donors (Lipinski definition) is 0. The van der Waals surface area contributed by atoms with Crippen molar-refractivity contribution in [2.45, 2.75) is 13.8 Å². The van der Waals surface area contributed by atoms with Gasteiger partial charge in [-0.25, -0.2) is 0 Å². The molecule has 0 spiro atoms. The Morgan fingerprint density at radius 1 is 1.28 bits per heavy atom. The number of rotatable bonds is 5. The Labute approximate surface area is 110 Å². The maximum Gasteiger partial charge on any atom is 0.119 e. The molecule has 0 amide bonds. The fourth-order valence-electron chi connectivity index (χ4n) is 1.12. The van der Waals surface area contributed by atoms with E-state index in [-0.39, 0.29) is 0 Å². The van der Waals surface area contributed by atoms with E-state index in [1.165, 1.54) is 0 Å². The third kappa shape index (κ3) is 5.72. The lowest BCUT2D eigenvalue weighted by molar-refractivity contribution is 0.355. The van der Waals surface area contributed by atoms with Gasteiger partial charge in [0.1, 0.15) is 12.4 Å². The van der Waals surface area contributed by atoms with E-state index in [2.05, 4.69) is 19.2 Å². The van der Waals surface area contributed by atoms with Crippen molar-refractivity contribution in [2.24, 2.45) is 0 Å². The van der Waals surface area contributed by atoms with Crippen molar-refractivity contribution in [3.05, 3.63) is 66.8 Å². The van der Waals surface area contributed by atoms with E-state index in [0.29, 0.717) is 12.2 Å². The van der Waals surface area contributed by atoms with E-state index in [1.54, 1.807) is 36.4 Å². The van der Waals surface area contributed by atoms with Gasteiger partial charge in [-0.15, -0.1) is 0 Å². The highest BCUT2D eigenvalue weighted by atomic mass is 16.5. The zero-order valence-corrected chi connectivity index (χ0v) is 11.0. The smallest absolute Gasteiger partial charge is 0.119 e. The van der Waals surface area contributed by atoms with Crippen molar-refractivity contribution < 1.29 is 4.74 Å². The molecule has 0 heterocycles. The maximum absolute atomic E-state index is 8.63. The molecule has 0 aromatic heterocycles. The van der Waals surface area contributed by atoms with Crippen LogP contribution in [0.3, 0.4) is 0 Å². The molecule has 1 aromatic rings. The summed E-state index contributed by atoms with van der Waals surface area (Å²) in [6, 6.07) is 9.04. The lowest BCUT2D eigenvalue weighted by atomic mass is 10.2. The second-order valence-corrected chi connectivity index (χ2v) is 3.11. The van der Waals surface area contributed by atoms with Crippen LogP contribution in [0, 0.1) is 11.3 Å². The van der Waals surface area contributed by atoms with Crippen molar-refractivity contribution in [2.75, 3.05) is 6.61 Å². The Bertz CT molecular complexity index is 435. The number of ether oxygens (including phenoxy) is 1. The van der Waals surface area contributed by atoms with Crippen LogP contribution in [0.15, 0.2) is 61.2 Å². The van der Waals surface area contributed by atoms with Crippen LogP contribution < -0.4 is 4.74 Å². The van der Waals surface area contributed by atoms with Gasteiger partial charge in [0.2, 0.25) is 0 Å². The van der Waals surface area contributed by atoms with Crippen LogP contribution in [0.25, 0.3) is 0 Å². The zero-order valence-electron chi connectivity index (χ0n) is 11.0. The molecule has 0 unspecified atom stereocenters. The molecule has 0 atom stereocenters. The van der Waals surface area contributed by atoms with Crippen LogP contribution in [0.4, 0.5) is 0 Å². The van der Waals surface area contributed by atoms with Crippen LogP contribution >= 0.6 is 0 Å². The number of hydrogen-bond acceptors (Lipinski definition) is 2. The lowest BCUT2D eigenvalue weighted by Gasteiger charge is -2.06. The van der Waals surface area contributed by atoms with E-state index in [9.17, 15) is 0 Å². The van der Waals surface area contributed by atoms with Gasteiger partial charge in [-0.05, 0) is 29.8 Å². The van der Waals surface area contributed by atoms with Gasteiger partial charge < -0.3 is 4.74 Å². The number of nitriles is 1. The van der Waals surface area contributed by atoms with Gasteiger partial charge in [-0.3, -0.25) is 0 Å². The number of allylic oxidation sites excluding steroid dienone is 2. The van der Waals surface area contributed by atoms with Gasteiger partial charge >= 0.3 is 0 Å². The van der Waals surface area contributed by atoms with E-state index < -0.39 is 0 Å². The molecular formula is C16H19NO. The number of benzene rings is 1. The van der Waals surface area contributed by atoms with E-state index in [4.69, 9.17) is 10.00 Å². The second kappa shape index (κ2) is 9.92. The summed E-state index contributed by atoms with van der Waals surface area (Å²) >= 11 is 0. The van der Waals surface area contributed by atoms with E-state index >= 15 is 0 Å². The monoisotopic (exact) mass is 241 g/mol. The molecule has 0 radical (unpaired) electrons. The molecule has 0 fully saturated rings. The average Bonchev–Trinajstić information content (AvgIpc) is 2.46. The molecule has 0 aliphatic heterocycles. The molecule has 2 nitrogen and oxygen atoms in total. The molecule has 0 bridgehead atoms. The molecule has 0 aliphatic rings. The summed E-state index contributed by atoms with van der Waals surface area (Å²) in [5.74, 6) is 0.732. The van der Waals surface area contributed by atoms with Crippen LogP contribution in [0.1, 0.15) is 19.4 Å². The second-order valence-electron chi connectivity index (χ2n) is 3.11. The predicted molar refractivity (Wildman–Crippen MR) is 76.5 cm³/mol. The normalized spacial score (nSPS) is 9.50. The summed E-state index contributed by atoms with van der Waals surface area (Å²) in [4.78, 5) is 0. The quantitative estimate of drug-likeness (QED) is 0.721. The third-order valence-corrected chi connectivity index (χ3v) is 1.98. The summed E-state index contributed by atoms with van der Waals surface area (Å²) in [5.41, 5.74) is 1.58. The summed E-state index contributed by atoms with van der Waals surface area (Å²) in [7, 11) is 0. The molecular weight excluding hydrogens is 222 g/mol. The largest absolute Gasteiger partial charge is 0.489 e. The summed E-state index contributed by atoms with van der Waals surface area (Å²) in [6.07, 6.45) is 5.27. The highest BCUT2D eigenvalue weighted by Gasteiger charge is 1.95. The molecule has 94 valence electrons. The van der Waals surface area contributed by atoms with E-state index in [0.717, 1.165) is 11.3 Å². The van der Waals surface area contributed by atoms with Gasteiger partial charge in [-0.2, -0.15) is 5.26 Å². The Morgan fingerprint density at radius 2 is 1.89 bits per heavy atom. The maximum atomic E-state index is 8.63. The Balaban J connectivity index is 0.00000137. The summed E-state index contributed by atoms with van der Waals surface area (Å²) in [6.45, 7) is 11.7. The van der Waals surface area contributed by atoms with E-state index in [1.807, 2.05) is 19.9 Å². The Morgan fingerprint density at radius 3 is 2.33 bits per heavy atom. The average molecular weight is 241 g/mol. The number of nitrogens with zero attached hydrogens (tertiary/aromatic N) is 1. The highest BCUT2D eigenvalue weighted by molar-refractivity contribution is 5.35. The van der Waals surface area contributed by atoms with Gasteiger partial charge in [0.05, 0.1) is 11.6 Å². The fraction of sp³-hybridized carbons (Fsp3) is 0.188. The molecule has 0 aliphatic carbocycles. The summed E-state index contributed by atoms with van der Waals surface area (Å²) < 4.78 is 5.51. The van der Waals surface area contributed by atoms with Crippen LogP contribution in [-0.4, -0.2) is 6.61 Å². The minimum atomic E-state index is 0.446. The first-order valence-electron chi connectivity index (χ1n) is 5.87. The van der Waals surface area contributed by atoms with Gasteiger partial charge in [0.15, 0.2) is 0 Å². The van der Waals surface area contributed by atoms with Crippen molar-refractivity contribution in [1.82, 2.24) is 0 Å². The van der Waals surface area contributed by atoms with Crippen molar-refractivity contribution in [3.63, 3.8) is 0 Å². The van der Waals surface area contributed by atoms with Crippen molar-refractivity contribution >= 4 is 0 Å². The van der Waals surface area contributed by atoms with Crippen LogP contribution in [0.5, 0.6) is 5.75 Å². The first-order valence-corrected chi connectivity index (χ1v) is 5.87. The first kappa shape index (κ1) is 15.7. The molecule has 1 aromatic carbocycles. The fourth-order valence-corrected chi connectivity index (χ4v) is 1.12. The standard InChI is InChI=1S/C14H13NO.C2H6/c1-3-5-12(4-2)11-16-14-8-6-13(10-15)7-9-14;1-2/h3-9H,1-2,11H2;1-2H3/b12-5+;. The molecule has 0 saturated heterocycles. The molecule has 0 saturated carbocycles. The lowest BCUT2D eigenvalue weighted by Crippen LogP contribution is -1.99. The minimum absolute atomic E-state index is 0.446. The topological polar surface area (TPSA) is 33.0 Å². The molecule has 1 rings (SSSR count). The molecule has 2 heteroatoms. The SMILES string of the molecule is C=C/C=C(\C=C)COc1ccc(C#N)cc1.CC. The molecule has 18 heavy (non-hydrogen) atoms. The van der Waals surface area contributed by atoms with Crippen LogP contribution in [-0.2, 0) is 0 Å². The Kier molecular flexibility index (Phi) is 8.67. The third-order valence-electron chi connectivity index (χ3n) is 1.98. The highest BCUT2D eigenvalue weighted by Crippen LogP contribution is 2.12.